The average Bonchev–Trinajstić information content (AvgIpc) is 2.73. The summed E-state index contributed by atoms with van der Waals surface area (Å²) in [6.45, 7) is 0.831. The average molecular weight is 366 g/mol. The van der Waals surface area contributed by atoms with Gasteiger partial charge in [0.25, 0.3) is 0 Å². The molecule has 0 atom stereocenters. The fourth-order valence-corrected chi connectivity index (χ4v) is 4.43. The van der Waals surface area contributed by atoms with E-state index in [0.717, 1.165) is 37.9 Å². The topological polar surface area (TPSA) is 56.8 Å². The molecule has 2 fully saturated rings. The second kappa shape index (κ2) is 9.67. The second-order valence-electron chi connectivity index (χ2n) is 7.95. The van der Waals surface area contributed by atoms with Crippen molar-refractivity contribution in [1.82, 2.24) is 0 Å². The summed E-state index contributed by atoms with van der Waals surface area (Å²) in [4.78, 5) is 0. The maximum absolute atomic E-state index is 13.1. The van der Waals surface area contributed by atoms with Gasteiger partial charge in [0.15, 0.2) is 5.83 Å². The van der Waals surface area contributed by atoms with E-state index in [4.69, 9.17) is 15.3 Å². The molecule has 142 valence electrons. The van der Waals surface area contributed by atoms with Gasteiger partial charge in [0.05, 0.1) is 17.7 Å². The van der Waals surface area contributed by atoms with Crippen molar-refractivity contribution in [2.75, 3.05) is 6.61 Å². The van der Waals surface area contributed by atoms with Crippen LogP contribution in [-0.2, 0) is 4.74 Å². The Morgan fingerprint density at radius 2 is 1.67 bits per heavy atom. The number of nitriles is 2. The Kier molecular flexibility index (Phi) is 7.02. The molecule has 2 aliphatic carbocycles. The van der Waals surface area contributed by atoms with Gasteiger partial charge in [-0.3, -0.25) is 0 Å². The maximum atomic E-state index is 13.1. The molecule has 0 N–H and O–H groups in total. The molecule has 0 bridgehead atoms. The first-order valence-corrected chi connectivity index (χ1v) is 10.1. The van der Waals surface area contributed by atoms with E-state index < -0.39 is 5.83 Å². The lowest BCUT2D eigenvalue weighted by molar-refractivity contribution is -0.00465. The van der Waals surface area contributed by atoms with Crippen molar-refractivity contribution in [3.63, 3.8) is 0 Å². The molecule has 2 aliphatic rings. The van der Waals surface area contributed by atoms with E-state index in [1.54, 1.807) is 6.07 Å². The zero-order valence-electron chi connectivity index (χ0n) is 15.7. The zero-order valence-corrected chi connectivity index (χ0v) is 15.7. The van der Waals surface area contributed by atoms with Crippen molar-refractivity contribution in [1.29, 1.82) is 10.5 Å². The number of ether oxygens (including phenoxy) is 1. The Hall–Kier alpha value is -2.17. The summed E-state index contributed by atoms with van der Waals surface area (Å²) in [5.41, 5.74) is 2.07. The number of nitrogens with zero attached hydrogens (tertiary/aromatic N) is 2. The van der Waals surface area contributed by atoms with Gasteiger partial charge in [-0.15, -0.1) is 0 Å². The summed E-state index contributed by atoms with van der Waals surface area (Å²) in [5, 5.41) is 17.4. The van der Waals surface area contributed by atoms with E-state index in [-0.39, 0.29) is 12.0 Å². The first-order chi connectivity index (χ1) is 13.2. The first kappa shape index (κ1) is 19.6. The molecule has 0 aliphatic heterocycles. The van der Waals surface area contributed by atoms with Gasteiger partial charge in [-0.2, -0.15) is 14.9 Å². The number of hydrogen-bond donors (Lipinski definition) is 0. The third-order valence-electron chi connectivity index (χ3n) is 6.13. The van der Waals surface area contributed by atoms with Gasteiger partial charge in [-0.05, 0) is 92.9 Å². The molecule has 0 spiro atoms. The van der Waals surface area contributed by atoms with Crippen molar-refractivity contribution >= 4 is 0 Å². The van der Waals surface area contributed by atoms with Crippen LogP contribution < -0.4 is 0 Å². The highest BCUT2D eigenvalue weighted by Gasteiger charge is 2.25. The van der Waals surface area contributed by atoms with Crippen LogP contribution >= 0.6 is 0 Å². The molecule has 3 nitrogen and oxygen atoms in total. The molecule has 0 heterocycles. The van der Waals surface area contributed by atoms with Crippen molar-refractivity contribution in [3.8, 4) is 12.1 Å². The molecule has 0 unspecified atom stereocenters. The maximum Gasteiger partial charge on any atom is 0.196 e. The van der Waals surface area contributed by atoms with Crippen molar-refractivity contribution in [2.24, 2.45) is 11.8 Å². The summed E-state index contributed by atoms with van der Waals surface area (Å²) < 4.78 is 19.2. The largest absolute Gasteiger partial charge is 0.378 e. The Morgan fingerprint density at radius 1 is 1.00 bits per heavy atom. The summed E-state index contributed by atoms with van der Waals surface area (Å²) in [5.74, 6) is 0.769. The fourth-order valence-electron chi connectivity index (χ4n) is 4.43. The number of allylic oxidation sites excluding steroid dienone is 2. The zero-order chi connectivity index (χ0) is 19.1. The highest BCUT2D eigenvalue weighted by Crippen LogP contribution is 2.36. The van der Waals surface area contributed by atoms with Gasteiger partial charge >= 0.3 is 0 Å². The molecule has 4 heteroatoms. The van der Waals surface area contributed by atoms with Gasteiger partial charge in [-0.1, -0.05) is 12.1 Å². The van der Waals surface area contributed by atoms with Crippen LogP contribution in [0.4, 0.5) is 4.39 Å². The van der Waals surface area contributed by atoms with Crippen LogP contribution in [0.25, 0.3) is 0 Å². The quantitative estimate of drug-likeness (QED) is 0.620. The normalized spacial score (nSPS) is 28.9. The van der Waals surface area contributed by atoms with Crippen LogP contribution in [0.3, 0.4) is 0 Å². The van der Waals surface area contributed by atoms with Crippen LogP contribution in [0.15, 0.2) is 36.2 Å². The number of rotatable bonds is 5. The molecule has 3 rings (SSSR count). The molecule has 27 heavy (non-hydrogen) atoms. The molecule has 0 radical (unpaired) electrons. The van der Waals surface area contributed by atoms with Crippen molar-refractivity contribution < 1.29 is 9.13 Å². The molecule has 0 aromatic heterocycles. The molecule has 0 saturated heterocycles. The Morgan fingerprint density at radius 3 is 2.26 bits per heavy atom. The summed E-state index contributed by atoms with van der Waals surface area (Å²) >= 11 is 0. The molecular formula is C23H27FN2O. The fraction of sp³-hybridized carbons (Fsp3) is 0.565. The van der Waals surface area contributed by atoms with Crippen molar-refractivity contribution in [2.45, 2.75) is 63.4 Å². The van der Waals surface area contributed by atoms with Gasteiger partial charge in [-0.25, -0.2) is 0 Å². The molecule has 2 saturated carbocycles. The lowest BCUT2D eigenvalue weighted by Crippen LogP contribution is -2.25. The highest BCUT2D eigenvalue weighted by molar-refractivity contribution is 5.33. The van der Waals surface area contributed by atoms with Crippen LogP contribution in [-0.4, -0.2) is 12.7 Å². The smallest absolute Gasteiger partial charge is 0.196 e. The lowest BCUT2D eigenvalue weighted by Gasteiger charge is -2.32. The van der Waals surface area contributed by atoms with Crippen LogP contribution in [0.5, 0.6) is 0 Å². The summed E-state index contributed by atoms with van der Waals surface area (Å²) in [6, 6.07) is 11.8. The van der Waals surface area contributed by atoms with Gasteiger partial charge in [0, 0.05) is 6.61 Å². The van der Waals surface area contributed by atoms with Crippen molar-refractivity contribution in [3.05, 3.63) is 47.3 Å². The Bertz CT molecular complexity index is 712. The van der Waals surface area contributed by atoms with Crippen LogP contribution in [0.2, 0.25) is 0 Å². The minimum atomic E-state index is -0.654. The minimum Gasteiger partial charge on any atom is -0.378 e. The van der Waals surface area contributed by atoms with Gasteiger partial charge in [0.1, 0.15) is 6.07 Å². The number of halogens is 1. The lowest BCUT2D eigenvalue weighted by atomic mass is 9.79. The van der Waals surface area contributed by atoms with Gasteiger partial charge < -0.3 is 4.74 Å². The monoisotopic (exact) mass is 366 g/mol. The van der Waals surface area contributed by atoms with E-state index in [1.165, 1.54) is 37.3 Å². The third-order valence-corrected chi connectivity index (χ3v) is 6.13. The van der Waals surface area contributed by atoms with Gasteiger partial charge in [0.2, 0.25) is 0 Å². The molecule has 1 aromatic rings. The van der Waals surface area contributed by atoms with E-state index in [2.05, 4.69) is 18.2 Å². The molecular weight excluding hydrogens is 339 g/mol. The summed E-state index contributed by atoms with van der Waals surface area (Å²) in [6.07, 6.45) is 10.2. The Labute approximate surface area is 161 Å². The van der Waals surface area contributed by atoms with Crippen LogP contribution in [0, 0.1) is 34.5 Å². The molecule has 1 aromatic carbocycles. The highest BCUT2D eigenvalue weighted by atomic mass is 19.1. The first-order valence-electron chi connectivity index (χ1n) is 10.1. The van der Waals surface area contributed by atoms with E-state index in [0.29, 0.717) is 11.8 Å². The predicted octanol–water partition coefficient (Wildman–Crippen LogP) is 5.78. The minimum absolute atomic E-state index is 0.187. The van der Waals surface area contributed by atoms with E-state index in [1.807, 2.05) is 12.1 Å². The second-order valence-corrected chi connectivity index (χ2v) is 7.95. The van der Waals surface area contributed by atoms with Crippen LogP contribution in [0.1, 0.15) is 68.4 Å². The summed E-state index contributed by atoms with van der Waals surface area (Å²) in [7, 11) is 0. The molecule has 0 amide bonds. The standard InChI is InChI=1S/C23H27FN2O/c24-22(15-26)13-17-5-11-23(12-6-17)27-16-19-3-9-21(10-4-19)20-7-1-18(14-25)2-8-20/h1-2,7-8,13,17,19,21,23H,3-6,9-12,16H2/t17-,19-,21-,23-. The van der Waals surface area contributed by atoms with E-state index in [9.17, 15) is 4.39 Å². The Balaban J connectivity index is 1.36. The predicted molar refractivity (Wildman–Crippen MR) is 102 cm³/mol. The van der Waals surface area contributed by atoms with E-state index >= 15 is 0 Å². The number of benzene rings is 1. The number of hydrogen-bond acceptors (Lipinski definition) is 3. The SMILES string of the molecule is N#CC(F)=C[C@H]1CC[C@H](OC[C@H]2CC[C@H](c3ccc(C#N)cc3)CC2)CC1. The third kappa shape index (κ3) is 5.65.